The smallest absolute Gasteiger partial charge is 0.306 e. The third-order valence-electron chi connectivity index (χ3n) is 2.10. The summed E-state index contributed by atoms with van der Waals surface area (Å²) in [7, 11) is 0. The van der Waals surface area contributed by atoms with Crippen LogP contribution in [0.4, 0.5) is 0 Å². The van der Waals surface area contributed by atoms with Crippen molar-refractivity contribution < 1.29 is 14.3 Å². The summed E-state index contributed by atoms with van der Waals surface area (Å²) in [6.45, 7) is 2.06. The van der Waals surface area contributed by atoms with Gasteiger partial charge in [0.2, 0.25) is 0 Å². The van der Waals surface area contributed by atoms with Crippen LogP contribution in [0.5, 0.6) is 0 Å². The molecule has 92 valence electrons. The molecule has 0 atom stereocenters. The second-order valence-electron chi connectivity index (χ2n) is 3.36. The van der Waals surface area contributed by atoms with Gasteiger partial charge in [-0.3, -0.25) is 9.59 Å². The minimum atomic E-state index is -0.357. The number of carbonyl (C=O) groups is 2. The number of carbonyl (C=O) groups excluding carboxylic acids is 2. The first-order valence-corrected chi connectivity index (χ1v) is 6.35. The Hall–Kier alpha value is -0.870. The predicted octanol–water partition coefficient (Wildman–Crippen LogP) is 3.63. The van der Waals surface area contributed by atoms with Gasteiger partial charge >= 0.3 is 5.97 Å². The van der Waals surface area contributed by atoms with E-state index in [4.69, 9.17) is 16.3 Å². The number of halogens is 2. The van der Waals surface area contributed by atoms with Gasteiger partial charge < -0.3 is 4.74 Å². The number of esters is 1. The van der Waals surface area contributed by atoms with Crippen LogP contribution < -0.4 is 0 Å². The molecule has 0 fully saturated rings. The highest BCUT2D eigenvalue weighted by molar-refractivity contribution is 9.10. The van der Waals surface area contributed by atoms with E-state index in [2.05, 4.69) is 15.9 Å². The van der Waals surface area contributed by atoms with E-state index < -0.39 is 0 Å². The lowest BCUT2D eigenvalue weighted by atomic mass is 10.1. The monoisotopic (exact) mass is 318 g/mol. The van der Waals surface area contributed by atoms with Crippen LogP contribution in [0.1, 0.15) is 30.1 Å². The van der Waals surface area contributed by atoms with Crippen molar-refractivity contribution in [3.63, 3.8) is 0 Å². The lowest BCUT2D eigenvalue weighted by molar-refractivity contribution is -0.143. The maximum absolute atomic E-state index is 11.7. The highest BCUT2D eigenvalue weighted by Gasteiger charge is 2.11. The normalized spacial score (nSPS) is 10.1. The molecular weight excluding hydrogens is 307 g/mol. The van der Waals surface area contributed by atoms with E-state index in [1.807, 2.05) is 0 Å². The molecule has 0 saturated heterocycles. The standard InChI is InChI=1S/C12H12BrClO3/c1-2-17-12(16)6-5-11(15)8-3-4-9(13)10(14)7-8/h3-4,7H,2,5-6H2,1H3. The van der Waals surface area contributed by atoms with Crippen molar-refractivity contribution >= 4 is 39.3 Å². The molecule has 5 heteroatoms. The fourth-order valence-corrected chi connectivity index (χ4v) is 1.69. The maximum atomic E-state index is 11.7. The fourth-order valence-electron chi connectivity index (χ4n) is 1.26. The Kier molecular flexibility index (Phi) is 5.65. The van der Waals surface area contributed by atoms with E-state index in [9.17, 15) is 9.59 Å². The summed E-state index contributed by atoms with van der Waals surface area (Å²) in [6, 6.07) is 4.96. The number of hydrogen-bond acceptors (Lipinski definition) is 3. The van der Waals surface area contributed by atoms with Crippen LogP contribution in [0.2, 0.25) is 5.02 Å². The molecular formula is C12H12BrClO3. The van der Waals surface area contributed by atoms with Gasteiger partial charge in [-0.25, -0.2) is 0 Å². The number of hydrogen-bond donors (Lipinski definition) is 0. The quantitative estimate of drug-likeness (QED) is 0.615. The molecule has 1 rings (SSSR count). The Morgan fingerprint density at radius 2 is 2.06 bits per heavy atom. The zero-order valence-electron chi connectivity index (χ0n) is 9.33. The Balaban J connectivity index is 2.58. The van der Waals surface area contributed by atoms with Gasteiger partial charge in [-0.15, -0.1) is 0 Å². The zero-order valence-corrected chi connectivity index (χ0v) is 11.7. The Bertz CT molecular complexity index is 432. The van der Waals surface area contributed by atoms with Gasteiger partial charge in [0.1, 0.15) is 0 Å². The summed E-state index contributed by atoms with van der Waals surface area (Å²) in [5, 5.41) is 0.479. The van der Waals surface area contributed by atoms with Gasteiger partial charge in [0.15, 0.2) is 5.78 Å². The third kappa shape index (κ3) is 4.48. The Morgan fingerprint density at radius 3 is 2.65 bits per heavy atom. The molecule has 0 bridgehead atoms. The van der Waals surface area contributed by atoms with Crippen molar-refractivity contribution in [3.05, 3.63) is 33.3 Å². The van der Waals surface area contributed by atoms with Crippen molar-refractivity contribution in [1.82, 2.24) is 0 Å². The highest BCUT2D eigenvalue weighted by Crippen LogP contribution is 2.23. The zero-order chi connectivity index (χ0) is 12.8. The van der Waals surface area contributed by atoms with Crippen LogP contribution in [0, 0.1) is 0 Å². The molecule has 0 aliphatic heterocycles. The SMILES string of the molecule is CCOC(=O)CCC(=O)c1ccc(Br)c(Cl)c1. The molecule has 17 heavy (non-hydrogen) atoms. The van der Waals surface area contributed by atoms with Gasteiger partial charge in [0.05, 0.1) is 18.1 Å². The van der Waals surface area contributed by atoms with Crippen molar-refractivity contribution in [2.24, 2.45) is 0 Å². The van der Waals surface area contributed by atoms with Crippen LogP contribution >= 0.6 is 27.5 Å². The van der Waals surface area contributed by atoms with Gasteiger partial charge in [0.25, 0.3) is 0 Å². The molecule has 0 aromatic heterocycles. The molecule has 0 aliphatic carbocycles. The number of ether oxygens (including phenoxy) is 1. The first-order chi connectivity index (χ1) is 8.04. The average molecular weight is 320 g/mol. The predicted molar refractivity (Wildman–Crippen MR) is 69.3 cm³/mol. The molecule has 0 aliphatic rings. The molecule has 0 saturated carbocycles. The van der Waals surface area contributed by atoms with Crippen molar-refractivity contribution in [2.75, 3.05) is 6.61 Å². The molecule has 1 aromatic carbocycles. The largest absolute Gasteiger partial charge is 0.466 e. The van der Waals surface area contributed by atoms with E-state index in [-0.39, 0.29) is 24.6 Å². The fraction of sp³-hybridized carbons (Fsp3) is 0.333. The van der Waals surface area contributed by atoms with Crippen molar-refractivity contribution in [3.8, 4) is 0 Å². The van der Waals surface area contributed by atoms with Crippen LogP contribution in [-0.4, -0.2) is 18.4 Å². The number of rotatable bonds is 5. The van der Waals surface area contributed by atoms with E-state index in [0.29, 0.717) is 17.2 Å². The van der Waals surface area contributed by atoms with E-state index >= 15 is 0 Å². The summed E-state index contributed by atoms with van der Waals surface area (Å²) >= 11 is 9.12. The molecule has 0 radical (unpaired) electrons. The molecule has 0 heterocycles. The first-order valence-electron chi connectivity index (χ1n) is 5.18. The van der Waals surface area contributed by atoms with E-state index in [0.717, 1.165) is 4.47 Å². The number of benzene rings is 1. The van der Waals surface area contributed by atoms with Crippen LogP contribution in [-0.2, 0) is 9.53 Å². The maximum Gasteiger partial charge on any atom is 0.306 e. The lowest BCUT2D eigenvalue weighted by Crippen LogP contribution is -2.07. The van der Waals surface area contributed by atoms with Crippen LogP contribution in [0.15, 0.2) is 22.7 Å². The summed E-state index contributed by atoms with van der Waals surface area (Å²) in [5.74, 6) is -0.475. The van der Waals surface area contributed by atoms with Crippen LogP contribution in [0.3, 0.4) is 0 Å². The van der Waals surface area contributed by atoms with Gasteiger partial charge in [-0.2, -0.15) is 0 Å². The van der Waals surface area contributed by atoms with Gasteiger partial charge in [-0.05, 0) is 35.0 Å². The molecule has 3 nitrogen and oxygen atoms in total. The van der Waals surface area contributed by atoms with Crippen molar-refractivity contribution in [2.45, 2.75) is 19.8 Å². The Morgan fingerprint density at radius 1 is 1.35 bits per heavy atom. The summed E-state index contributed by atoms with van der Waals surface area (Å²) in [6.07, 6.45) is 0.233. The minimum Gasteiger partial charge on any atom is -0.466 e. The highest BCUT2D eigenvalue weighted by atomic mass is 79.9. The summed E-state index contributed by atoms with van der Waals surface area (Å²) in [5.41, 5.74) is 0.502. The third-order valence-corrected chi connectivity index (χ3v) is 3.34. The second kappa shape index (κ2) is 6.77. The summed E-state index contributed by atoms with van der Waals surface area (Å²) < 4.78 is 5.48. The minimum absolute atomic E-state index is 0.0976. The molecule has 0 spiro atoms. The Labute approximate surface area is 113 Å². The molecule has 1 aromatic rings. The van der Waals surface area contributed by atoms with Gasteiger partial charge in [0, 0.05) is 16.5 Å². The first kappa shape index (κ1) is 14.2. The van der Waals surface area contributed by atoms with E-state index in [1.165, 1.54) is 0 Å². The second-order valence-corrected chi connectivity index (χ2v) is 4.62. The van der Waals surface area contributed by atoms with Gasteiger partial charge in [-0.1, -0.05) is 17.7 Å². The molecule has 0 N–H and O–H groups in total. The van der Waals surface area contributed by atoms with Crippen LogP contribution in [0.25, 0.3) is 0 Å². The van der Waals surface area contributed by atoms with E-state index in [1.54, 1.807) is 25.1 Å². The lowest BCUT2D eigenvalue weighted by Gasteiger charge is -2.03. The molecule has 0 unspecified atom stereocenters. The summed E-state index contributed by atoms with van der Waals surface area (Å²) in [4.78, 5) is 22.8. The topological polar surface area (TPSA) is 43.4 Å². The average Bonchev–Trinajstić information content (AvgIpc) is 2.30. The number of ketones is 1. The number of Topliss-reactive ketones (excluding diaryl/α,β-unsaturated/α-hetero) is 1. The molecule has 0 amide bonds. The van der Waals surface area contributed by atoms with Crippen molar-refractivity contribution in [1.29, 1.82) is 0 Å².